The molecule has 6 rings (SSSR count). The maximum atomic E-state index is 2.53. The van der Waals surface area contributed by atoms with Gasteiger partial charge in [-0.3, -0.25) is 0 Å². The first-order chi connectivity index (χ1) is 17.5. The third-order valence-corrected chi connectivity index (χ3v) is 37.6. The maximum absolute atomic E-state index is 2.66. The van der Waals surface area contributed by atoms with Crippen molar-refractivity contribution in [1.29, 1.82) is 0 Å². The second kappa shape index (κ2) is 12.0. The van der Waals surface area contributed by atoms with Crippen molar-refractivity contribution < 1.29 is 44.9 Å². The van der Waals surface area contributed by atoms with Crippen molar-refractivity contribution in [2.45, 2.75) is 35.0 Å². The average Bonchev–Trinajstić information content (AvgIpc) is 3.41. The molecule has 4 aromatic rings. The topological polar surface area (TPSA) is 0 Å². The Kier molecular flexibility index (Phi) is 9.20. The van der Waals surface area contributed by atoms with Gasteiger partial charge >= 0.3 is 225 Å². The first-order valence-corrected chi connectivity index (χ1v) is 24.0. The van der Waals surface area contributed by atoms with Crippen molar-refractivity contribution in [2.75, 3.05) is 0 Å². The fourth-order valence-electron chi connectivity index (χ4n) is 6.41. The monoisotopic (exact) mass is 718 g/mol. The summed E-state index contributed by atoms with van der Waals surface area (Å²) in [4.78, 5) is 0. The minimum Gasteiger partial charge on any atom is -1.00 e. The van der Waals surface area contributed by atoms with Gasteiger partial charge in [-0.15, -0.1) is 0 Å². The van der Waals surface area contributed by atoms with Crippen LogP contribution in [0.2, 0.25) is 0 Å². The smallest absolute Gasteiger partial charge is 1.00 e. The zero-order valence-corrected chi connectivity index (χ0v) is 28.4. The van der Waals surface area contributed by atoms with Gasteiger partial charge in [0.15, 0.2) is 0 Å². The van der Waals surface area contributed by atoms with Crippen LogP contribution in [0.4, 0.5) is 0 Å². The molecule has 0 aromatic heterocycles. The molecule has 0 saturated carbocycles. The Morgan fingerprint density at radius 3 is 1.29 bits per heavy atom. The van der Waals surface area contributed by atoms with Crippen molar-refractivity contribution >= 4 is 28.0 Å². The largest absolute Gasteiger partial charge is 1.00 e. The SMILES string of the molecule is CC1=Cc2c(C)cccc2[CH]1[Hf+2]([CH]1C(C)=Cc2c(C)cccc21)=[Si](c1ccccc1)c1ccccc1.[Cl-].[Cl-]. The molecule has 2 unspecified atom stereocenters. The molecule has 0 radical (unpaired) electrons. The zero-order chi connectivity index (χ0) is 24.8. The van der Waals surface area contributed by atoms with Gasteiger partial charge in [0, 0.05) is 0 Å². The predicted molar refractivity (Wildman–Crippen MR) is 153 cm³/mol. The van der Waals surface area contributed by atoms with Crippen molar-refractivity contribution in [3.05, 3.63) is 142 Å². The number of halogens is 2. The number of fused-ring (bicyclic) bond motifs is 2. The Labute approximate surface area is 247 Å². The van der Waals surface area contributed by atoms with E-state index < -0.39 is 25.6 Å². The second-order valence-corrected chi connectivity index (χ2v) is 29.8. The van der Waals surface area contributed by atoms with E-state index in [1.807, 2.05) is 0 Å². The molecule has 190 valence electrons. The molecular weight excluding hydrogens is 686 g/mol. The molecule has 0 bridgehead atoms. The fourth-order valence-corrected chi connectivity index (χ4v) is 41.8. The van der Waals surface area contributed by atoms with Crippen molar-refractivity contribution in [3.63, 3.8) is 0 Å². The van der Waals surface area contributed by atoms with E-state index in [2.05, 4.69) is 137 Å². The van der Waals surface area contributed by atoms with E-state index in [-0.39, 0.29) is 24.8 Å². The number of hydrogen-bond acceptors (Lipinski definition) is 0. The summed E-state index contributed by atoms with van der Waals surface area (Å²) in [5.74, 6) is 0. The Morgan fingerprint density at radius 1 is 0.500 bits per heavy atom. The van der Waals surface area contributed by atoms with Crippen LogP contribution in [0, 0.1) is 13.8 Å². The molecule has 2 aliphatic carbocycles. The molecule has 0 nitrogen and oxygen atoms in total. The molecule has 4 heteroatoms. The minimum absolute atomic E-state index is 0. The van der Waals surface area contributed by atoms with Gasteiger partial charge in [0.2, 0.25) is 0 Å². The van der Waals surface area contributed by atoms with Crippen LogP contribution in [0.25, 0.3) is 12.2 Å². The number of rotatable bonds is 4. The van der Waals surface area contributed by atoms with Crippen LogP contribution in [0.15, 0.2) is 108 Å². The Bertz CT molecular complexity index is 1450. The van der Waals surface area contributed by atoms with Crippen molar-refractivity contribution in [3.8, 4) is 0 Å². The molecule has 0 fully saturated rings. The summed E-state index contributed by atoms with van der Waals surface area (Å²) in [7, 11) is 0. The summed E-state index contributed by atoms with van der Waals surface area (Å²) in [5.41, 5.74) is 11.3. The molecule has 0 aliphatic heterocycles. The van der Waals surface area contributed by atoms with Gasteiger partial charge in [-0.05, 0) is 0 Å². The van der Waals surface area contributed by atoms with Crippen LogP contribution in [0.1, 0.15) is 54.6 Å². The van der Waals surface area contributed by atoms with Crippen LogP contribution in [-0.4, -0.2) is 5.49 Å². The molecule has 0 amide bonds. The molecule has 2 aliphatic rings. The maximum Gasteiger partial charge on any atom is -1.00 e. The van der Waals surface area contributed by atoms with E-state index in [1.54, 1.807) is 32.6 Å². The van der Waals surface area contributed by atoms with E-state index in [4.69, 9.17) is 0 Å². The van der Waals surface area contributed by atoms with E-state index in [9.17, 15) is 0 Å². The van der Waals surface area contributed by atoms with Crippen LogP contribution in [-0.2, 0) is 20.1 Å². The summed E-state index contributed by atoms with van der Waals surface area (Å²) in [6, 6.07) is 37.2. The molecule has 4 aromatic carbocycles. The normalized spacial score (nSPS) is 16.6. The number of benzene rings is 4. The minimum atomic E-state index is -2.66. The zero-order valence-electron chi connectivity index (χ0n) is 22.3. The van der Waals surface area contributed by atoms with Crippen LogP contribution >= 0.6 is 0 Å². The quantitative estimate of drug-likeness (QED) is 0.280. The van der Waals surface area contributed by atoms with Gasteiger partial charge in [-0.1, -0.05) is 0 Å². The molecule has 38 heavy (non-hydrogen) atoms. The summed E-state index contributed by atoms with van der Waals surface area (Å²) < 4.78 is 1.22. The predicted octanol–water partition coefficient (Wildman–Crippen LogP) is 1.35. The van der Waals surface area contributed by atoms with Gasteiger partial charge in [-0.25, -0.2) is 0 Å². The molecule has 0 spiro atoms. The number of hydrogen-bond donors (Lipinski definition) is 0. The molecular formula is C34H32Cl2HfSi. The third kappa shape index (κ3) is 5.02. The van der Waals surface area contributed by atoms with Crippen LogP contribution in [0.3, 0.4) is 0 Å². The first-order valence-electron chi connectivity index (χ1n) is 12.9. The summed E-state index contributed by atoms with van der Waals surface area (Å²) in [5, 5.41) is 3.19. The van der Waals surface area contributed by atoms with Gasteiger partial charge in [0.05, 0.1) is 0 Å². The fraction of sp³-hybridized carbons (Fsp3) is 0.176. The number of allylic oxidation sites excluding steroid dienone is 2. The van der Waals surface area contributed by atoms with Crippen LogP contribution < -0.4 is 35.2 Å². The van der Waals surface area contributed by atoms with Crippen molar-refractivity contribution in [2.24, 2.45) is 0 Å². The van der Waals surface area contributed by atoms with Gasteiger partial charge in [-0.2, -0.15) is 0 Å². The first kappa shape index (κ1) is 29.0. The standard InChI is InChI=1S/C12H10Si.2C11H11.2ClH.Hf/c1-3-7-11(8-4-1)13-12-9-5-2-6-10-12;2*1-8-6-10-5-3-4-9(2)11(10)7-8;;;/h1-10H;2*3-7H,1-2H3;2*1H;/q;;;;;+2/p-2. The average molecular weight is 718 g/mol. The van der Waals surface area contributed by atoms with Gasteiger partial charge < -0.3 is 24.8 Å². The Morgan fingerprint density at radius 2 is 0.895 bits per heavy atom. The van der Waals surface area contributed by atoms with E-state index in [0.29, 0.717) is 7.35 Å². The van der Waals surface area contributed by atoms with E-state index >= 15 is 0 Å². The van der Waals surface area contributed by atoms with Gasteiger partial charge in [0.1, 0.15) is 0 Å². The second-order valence-electron chi connectivity index (χ2n) is 10.4. The Balaban J connectivity index is 0.00000168. The summed E-state index contributed by atoms with van der Waals surface area (Å²) >= 11 is -2.66. The molecule has 0 heterocycles. The molecule has 0 saturated heterocycles. The van der Waals surface area contributed by atoms with E-state index in [0.717, 1.165) is 0 Å². The molecule has 0 N–H and O–H groups in total. The van der Waals surface area contributed by atoms with Crippen LogP contribution in [0.5, 0.6) is 0 Å². The third-order valence-electron chi connectivity index (χ3n) is 8.03. The summed E-state index contributed by atoms with van der Waals surface area (Å²) in [6.07, 6.45) is 5.06. The van der Waals surface area contributed by atoms with Crippen molar-refractivity contribution in [1.82, 2.24) is 0 Å². The van der Waals surface area contributed by atoms with Gasteiger partial charge in [0.25, 0.3) is 0 Å². The number of aryl methyl sites for hydroxylation is 2. The summed E-state index contributed by atoms with van der Waals surface area (Å²) in [6.45, 7) is 9.43. The Hall–Kier alpha value is -1.97. The molecule has 2 atom stereocenters. The van der Waals surface area contributed by atoms with E-state index in [1.165, 1.54) is 22.3 Å².